The Hall–Kier alpha value is -0.570. The van der Waals surface area contributed by atoms with Crippen LogP contribution in [-0.4, -0.2) is 41.7 Å². The van der Waals surface area contributed by atoms with Crippen molar-refractivity contribution < 1.29 is 8.42 Å². The molecule has 1 aliphatic carbocycles. The summed E-state index contributed by atoms with van der Waals surface area (Å²) in [6.45, 7) is 3.13. The van der Waals surface area contributed by atoms with Gasteiger partial charge in [-0.1, -0.05) is 0 Å². The van der Waals surface area contributed by atoms with E-state index in [0.717, 1.165) is 18.6 Å². The number of sulfonamides is 1. The van der Waals surface area contributed by atoms with Crippen LogP contribution >= 0.6 is 11.8 Å². The number of hydrogen-bond donors (Lipinski definition) is 3. The molecule has 2 heterocycles. The number of H-pyrrole nitrogens is 1. The van der Waals surface area contributed by atoms with Gasteiger partial charge in [-0.15, -0.1) is 0 Å². The molecule has 1 unspecified atom stereocenters. The summed E-state index contributed by atoms with van der Waals surface area (Å²) in [7, 11) is -3.52. The minimum Gasteiger partial charge on any atom is -0.310 e. The zero-order valence-corrected chi connectivity index (χ0v) is 13.8. The normalized spacial score (nSPS) is 26.3. The Labute approximate surface area is 129 Å². The van der Waals surface area contributed by atoms with Crippen LogP contribution in [0.4, 0.5) is 0 Å². The van der Waals surface area contributed by atoms with Gasteiger partial charge in [0.1, 0.15) is 0 Å². The van der Waals surface area contributed by atoms with Crippen LogP contribution in [0, 0.1) is 0 Å². The average Bonchev–Trinajstić information content (AvgIpc) is 2.97. The van der Waals surface area contributed by atoms with Crippen molar-refractivity contribution in [3.8, 4) is 0 Å². The highest BCUT2D eigenvalue weighted by molar-refractivity contribution is 8.01. The van der Waals surface area contributed by atoms with Crippen LogP contribution in [0.2, 0.25) is 0 Å². The molecule has 3 rings (SSSR count). The lowest BCUT2D eigenvalue weighted by molar-refractivity contribution is 0.547. The summed E-state index contributed by atoms with van der Waals surface area (Å²) in [6.07, 6.45) is 6.15. The topological polar surface area (TPSA) is 86.9 Å². The number of nitrogens with one attached hydrogen (secondary N) is 3. The third-order valence-electron chi connectivity index (χ3n) is 4.04. The van der Waals surface area contributed by atoms with Crippen molar-refractivity contribution >= 4 is 21.8 Å². The first-order chi connectivity index (χ1) is 9.99. The van der Waals surface area contributed by atoms with Crippen LogP contribution < -0.4 is 10.0 Å². The van der Waals surface area contributed by atoms with Gasteiger partial charge in [0, 0.05) is 29.4 Å². The van der Waals surface area contributed by atoms with Gasteiger partial charge in [0.05, 0.1) is 6.20 Å². The van der Waals surface area contributed by atoms with Gasteiger partial charge < -0.3 is 5.32 Å². The molecule has 0 bridgehead atoms. The molecule has 1 atom stereocenters. The molecule has 2 fully saturated rings. The van der Waals surface area contributed by atoms with Crippen LogP contribution in [-0.2, 0) is 16.6 Å². The predicted octanol–water partition coefficient (Wildman–Crippen LogP) is 1.23. The van der Waals surface area contributed by atoms with E-state index in [-0.39, 0.29) is 9.77 Å². The average molecular weight is 330 g/mol. The first-order valence-electron chi connectivity index (χ1n) is 7.38. The Morgan fingerprint density at radius 3 is 3.00 bits per heavy atom. The highest BCUT2D eigenvalue weighted by Crippen LogP contribution is 2.37. The van der Waals surface area contributed by atoms with E-state index in [4.69, 9.17) is 0 Å². The Morgan fingerprint density at radius 2 is 2.33 bits per heavy atom. The summed E-state index contributed by atoms with van der Waals surface area (Å²) in [4.78, 5) is 0. The first-order valence-corrected chi connectivity index (χ1v) is 9.85. The number of aromatic amines is 1. The molecule has 1 aromatic rings. The second kappa shape index (κ2) is 5.91. The Morgan fingerprint density at radius 1 is 1.52 bits per heavy atom. The Bertz CT molecular complexity index is 589. The molecule has 21 heavy (non-hydrogen) atoms. The molecular formula is C13H22N4O2S2. The maximum Gasteiger partial charge on any atom is 0.257 e. The zero-order valence-electron chi connectivity index (χ0n) is 12.2. The highest BCUT2D eigenvalue weighted by Gasteiger charge is 2.32. The smallest absolute Gasteiger partial charge is 0.257 e. The summed E-state index contributed by atoms with van der Waals surface area (Å²) in [5.74, 6) is 1.11. The van der Waals surface area contributed by atoms with Gasteiger partial charge in [-0.25, -0.2) is 13.1 Å². The molecule has 0 spiro atoms. The van der Waals surface area contributed by atoms with Gasteiger partial charge in [0.15, 0.2) is 5.03 Å². The third kappa shape index (κ3) is 3.80. The van der Waals surface area contributed by atoms with E-state index >= 15 is 0 Å². The largest absolute Gasteiger partial charge is 0.310 e. The van der Waals surface area contributed by atoms with Crippen LogP contribution in [0.1, 0.15) is 38.2 Å². The van der Waals surface area contributed by atoms with Gasteiger partial charge >= 0.3 is 0 Å². The van der Waals surface area contributed by atoms with Gasteiger partial charge in [0.25, 0.3) is 10.0 Å². The number of rotatable bonds is 7. The molecule has 1 saturated heterocycles. The number of hydrogen-bond acceptors (Lipinski definition) is 5. The zero-order chi connectivity index (χ0) is 14.9. The summed E-state index contributed by atoms with van der Waals surface area (Å²) in [6, 6.07) is 0.539. The number of thioether (sulfide) groups is 1. The van der Waals surface area contributed by atoms with E-state index in [9.17, 15) is 8.42 Å². The van der Waals surface area contributed by atoms with E-state index in [1.807, 2.05) is 11.8 Å². The molecular weight excluding hydrogens is 308 g/mol. The fraction of sp³-hybridized carbons (Fsp3) is 0.769. The van der Waals surface area contributed by atoms with Crippen molar-refractivity contribution in [3.63, 3.8) is 0 Å². The minimum absolute atomic E-state index is 0.0134. The molecule has 0 aromatic carbocycles. The third-order valence-corrected chi connectivity index (χ3v) is 7.00. The Balaban J connectivity index is 1.64. The summed E-state index contributed by atoms with van der Waals surface area (Å²) in [5, 5.41) is 10.0. The fourth-order valence-electron chi connectivity index (χ4n) is 2.50. The molecule has 1 aliphatic heterocycles. The van der Waals surface area contributed by atoms with Gasteiger partial charge in [0.2, 0.25) is 0 Å². The van der Waals surface area contributed by atoms with Crippen LogP contribution in [0.25, 0.3) is 0 Å². The van der Waals surface area contributed by atoms with Crippen LogP contribution in [0.5, 0.6) is 0 Å². The van der Waals surface area contributed by atoms with Gasteiger partial charge in [-0.3, -0.25) is 5.10 Å². The quantitative estimate of drug-likeness (QED) is 0.700. The van der Waals surface area contributed by atoms with Crippen molar-refractivity contribution in [1.29, 1.82) is 0 Å². The summed E-state index contributed by atoms with van der Waals surface area (Å²) in [5.41, 5.74) is 0.707. The van der Waals surface area contributed by atoms with Crippen molar-refractivity contribution in [2.45, 2.75) is 55.0 Å². The van der Waals surface area contributed by atoms with E-state index in [1.165, 1.54) is 12.8 Å². The minimum atomic E-state index is -3.52. The molecule has 0 amide bonds. The van der Waals surface area contributed by atoms with Crippen molar-refractivity contribution in [2.24, 2.45) is 0 Å². The maximum absolute atomic E-state index is 12.5. The molecule has 3 N–H and O–H groups in total. The molecule has 8 heteroatoms. The summed E-state index contributed by atoms with van der Waals surface area (Å²) >= 11 is 1.84. The van der Waals surface area contributed by atoms with E-state index in [2.05, 4.69) is 27.2 Å². The number of nitrogens with zero attached hydrogens (tertiary/aromatic N) is 1. The van der Waals surface area contributed by atoms with E-state index < -0.39 is 10.0 Å². The van der Waals surface area contributed by atoms with Gasteiger partial charge in [-0.05, 0) is 38.4 Å². The second-order valence-electron chi connectivity index (χ2n) is 6.11. The standard InChI is InChI=1S/C13H22N4O2S2/c1-13(5-2-6-20-13)9-16-21(18,19)12-10(8-15-17-12)7-14-11-3-4-11/h8,11,14,16H,2-7,9H2,1H3,(H,15,17). The van der Waals surface area contributed by atoms with Crippen molar-refractivity contribution in [3.05, 3.63) is 11.8 Å². The molecule has 1 aromatic heterocycles. The van der Waals surface area contributed by atoms with Crippen LogP contribution in [0.3, 0.4) is 0 Å². The predicted molar refractivity (Wildman–Crippen MR) is 83.7 cm³/mol. The maximum atomic E-state index is 12.5. The van der Waals surface area contributed by atoms with E-state index in [0.29, 0.717) is 24.7 Å². The van der Waals surface area contributed by atoms with Crippen molar-refractivity contribution in [2.75, 3.05) is 12.3 Å². The first kappa shape index (κ1) is 15.3. The van der Waals surface area contributed by atoms with E-state index in [1.54, 1.807) is 6.20 Å². The summed E-state index contributed by atoms with van der Waals surface area (Å²) < 4.78 is 27.7. The second-order valence-corrected chi connectivity index (χ2v) is 9.49. The van der Waals surface area contributed by atoms with Gasteiger partial charge in [-0.2, -0.15) is 16.9 Å². The lowest BCUT2D eigenvalue weighted by Crippen LogP contribution is -2.37. The lowest BCUT2D eigenvalue weighted by atomic mass is 10.1. The monoisotopic (exact) mass is 330 g/mol. The molecule has 6 nitrogen and oxygen atoms in total. The number of aromatic nitrogens is 2. The molecule has 118 valence electrons. The fourth-order valence-corrected chi connectivity index (χ4v) is 5.13. The lowest BCUT2D eigenvalue weighted by Gasteiger charge is -2.22. The Kier molecular flexibility index (Phi) is 4.31. The van der Waals surface area contributed by atoms with Crippen LogP contribution in [0.15, 0.2) is 11.2 Å². The molecule has 2 aliphatic rings. The van der Waals surface area contributed by atoms with Crippen molar-refractivity contribution in [1.82, 2.24) is 20.2 Å². The molecule has 0 radical (unpaired) electrons. The SMILES string of the molecule is CC1(CNS(=O)(=O)c2[nH]ncc2CNC2CC2)CCCS1. The molecule has 1 saturated carbocycles. The highest BCUT2D eigenvalue weighted by atomic mass is 32.2.